The maximum absolute atomic E-state index is 12.9. The lowest BCUT2D eigenvalue weighted by Gasteiger charge is -2.23. The van der Waals surface area contributed by atoms with E-state index in [1.54, 1.807) is 31.2 Å². The van der Waals surface area contributed by atoms with Crippen molar-refractivity contribution in [1.29, 1.82) is 0 Å². The number of urea groups is 1. The van der Waals surface area contributed by atoms with Crippen LogP contribution in [0.25, 0.3) is 0 Å². The first kappa shape index (κ1) is 22.1. The Hall–Kier alpha value is -2.57. The zero-order valence-corrected chi connectivity index (χ0v) is 18.4. The summed E-state index contributed by atoms with van der Waals surface area (Å²) < 4.78 is 5.63. The minimum Gasteiger partial charge on any atom is -0.491 e. The third kappa shape index (κ3) is 4.60. The van der Waals surface area contributed by atoms with Crippen LogP contribution in [0.1, 0.15) is 38.8 Å². The molecule has 160 valence electrons. The molecule has 7 heteroatoms. The van der Waals surface area contributed by atoms with Gasteiger partial charge in [0, 0.05) is 5.02 Å². The van der Waals surface area contributed by atoms with Gasteiger partial charge in [0.25, 0.3) is 5.91 Å². The van der Waals surface area contributed by atoms with Gasteiger partial charge in [0.15, 0.2) is 0 Å². The number of carbonyl (C=O) groups excluding carboxylic acids is 2. The van der Waals surface area contributed by atoms with Crippen LogP contribution in [0.2, 0.25) is 5.02 Å². The summed E-state index contributed by atoms with van der Waals surface area (Å²) in [6.45, 7) is 7.82. The monoisotopic (exact) mass is 430 g/mol. The number of nitrogens with zero attached hydrogens (tertiary/aromatic N) is 1. The average molecular weight is 431 g/mol. The Labute approximate surface area is 181 Å². The van der Waals surface area contributed by atoms with Crippen molar-refractivity contribution in [2.45, 2.75) is 44.8 Å². The van der Waals surface area contributed by atoms with Crippen LogP contribution in [-0.4, -0.2) is 41.2 Å². The molecule has 1 aliphatic rings. The molecule has 0 aliphatic carbocycles. The first-order valence-electron chi connectivity index (χ1n) is 9.82. The summed E-state index contributed by atoms with van der Waals surface area (Å²) in [6.07, 6.45) is -1.02. The minimum atomic E-state index is -1.20. The third-order valence-corrected chi connectivity index (χ3v) is 5.50. The number of aliphatic hydroxyl groups is 1. The van der Waals surface area contributed by atoms with E-state index >= 15 is 0 Å². The molecule has 2 aromatic rings. The Kier molecular flexibility index (Phi) is 6.11. The van der Waals surface area contributed by atoms with E-state index in [1.807, 2.05) is 24.3 Å². The smallest absolute Gasteiger partial charge is 0.325 e. The first-order valence-corrected chi connectivity index (χ1v) is 10.2. The number of benzene rings is 2. The summed E-state index contributed by atoms with van der Waals surface area (Å²) in [4.78, 5) is 26.3. The Morgan fingerprint density at radius 2 is 1.70 bits per heavy atom. The number of amides is 3. The summed E-state index contributed by atoms with van der Waals surface area (Å²) >= 11 is 5.91. The van der Waals surface area contributed by atoms with E-state index in [2.05, 4.69) is 26.1 Å². The molecule has 2 N–H and O–H groups in total. The van der Waals surface area contributed by atoms with Gasteiger partial charge < -0.3 is 15.2 Å². The van der Waals surface area contributed by atoms with Crippen LogP contribution < -0.4 is 10.1 Å². The van der Waals surface area contributed by atoms with Crippen LogP contribution in [0.15, 0.2) is 48.5 Å². The Balaban J connectivity index is 1.61. The molecule has 2 atom stereocenters. The van der Waals surface area contributed by atoms with Crippen molar-refractivity contribution in [1.82, 2.24) is 10.2 Å². The quantitative estimate of drug-likeness (QED) is 0.682. The summed E-state index contributed by atoms with van der Waals surface area (Å²) in [5.74, 6) is 0.189. The van der Waals surface area contributed by atoms with E-state index in [0.717, 1.165) is 4.90 Å². The minimum absolute atomic E-state index is 0.0381. The summed E-state index contributed by atoms with van der Waals surface area (Å²) in [5, 5.41) is 13.6. The molecular weight excluding hydrogens is 404 g/mol. The molecule has 1 aliphatic heterocycles. The van der Waals surface area contributed by atoms with Gasteiger partial charge in [0.2, 0.25) is 0 Å². The maximum atomic E-state index is 12.9. The third-order valence-electron chi connectivity index (χ3n) is 5.25. The predicted octanol–water partition coefficient (Wildman–Crippen LogP) is 3.84. The van der Waals surface area contributed by atoms with Crippen molar-refractivity contribution in [3.05, 3.63) is 64.7 Å². The molecule has 0 saturated carbocycles. The highest BCUT2D eigenvalue weighted by atomic mass is 35.5. The molecule has 0 bridgehead atoms. The molecule has 1 heterocycles. The second-order valence-electron chi connectivity index (χ2n) is 8.72. The molecule has 30 heavy (non-hydrogen) atoms. The van der Waals surface area contributed by atoms with E-state index in [0.29, 0.717) is 16.3 Å². The number of hydrogen-bond donors (Lipinski definition) is 2. The topological polar surface area (TPSA) is 78.9 Å². The highest BCUT2D eigenvalue weighted by Gasteiger charge is 2.49. The highest BCUT2D eigenvalue weighted by molar-refractivity contribution is 6.30. The second-order valence-corrected chi connectivity index (χ2v) is 9.15. The van der Waals surface area contributed by atoms with Crippen molar-refractivity contribution >= 4 is 23.5 Å². The van der Waals surface area contributed by atoms with E-state index < -0.39 is 23.6 Å². The van der Waals surface area contributed by atoms with Crippen molar-refractivity contribution in [2.24, 2.45) is 0 Å². The fourth-order valence-electron chi connectivity index (χ4n) is 3.35. The van der Waals surface area contributed by atoms with Gasteiger partial charge in [-0.1, -0.05) is 56.6 Å². The van der Waals surface area contributed by atoms with E-state index in [-0.39, 0.29) is 18.6 Å². The molecule has 0 unspecified atom stereocenters. The number of imide groups is 1. The largest absolute Gasteiger partial charge is 0.491 e. The van der Waals surface area contributed by atoms with E-state index in [9.17, 15) is 14.7 Å². The molecule has 1 saturated heterocycles. The second kappa shape index (κ2) is 8.28. The standard InChI is InChI=1S/C23H27ClN2O4/c1-22(2,3)15-7-11-19(12-8-15)30-14-18(27)13-26-20(28)23(4,25-21(26)29)16-5-9-17(24)10-6-16/h5-12,18,27H,13-14H2,1-4H3,(H,25,29)/t18-,23-/m0/s1. The molecule has 3 rings (SSSR count). The number of nitrogens with one attached hydrogen (secondary N) is 1. The van der Waals surface area contributed by atoms with Crippen molar-refractivity contribution in [3.8, 4) is 5.75 Å². The van der Waals surface area contributed by atoms with Gasteiger partial charge in [0.1, 0.15) is 24.0 Å². The predicted molar refractivity (Wildman–Crippen MR) is 116 cm³/mol. The lowest BCUT2D eigenvalue weighted by Crippen LogP contribution is -2.42. The number of ether oxygens (including phenoxy) is 1. The lowest BCUT2D eigenvalue weighted by molar-refractivity contribution is -0.132. The highest BCUT2D eigenvalue weighted by Crippen LogP contribution is 2.30. The Morgan fingerprint density at radius 1 is 1.10 bits per heavy atom. The number of aliphatic hydroxyl groups excluding tert-OH is 1. The summed E-state index contributed by atoms with van der Waals surface area (Å²) in [5.41, 5.74) is 0.636. The first-order chi connectivity index (χ1) is 14.0. The summed E-state index contributed by atoms with van der Waals surface area (Å²) in [7, 11) is 0. The van der Waals surface area contributed by atoms with Crippen molar-refractivity contribution in [3.63, 3.8) is 0 Å². The van der Waals surface area contributed by atoms with Crippen molar-refractivity contribution < 1.29 is 19.4 Å². The molecule has 3 amide bonds. The van der Waals surface area contributed by atoms with E-state index in [1.165, 1.54) is 5.56 Å². The zero-order valence-electron chi connectivity index (χ0n) is 17.6. The van der Waals surface area contributed by atoms with Gasteiger partial charge in [-0.3, -0.25) is 9.69 Å². The van der Waals surface area contributed by atoms with Crippen LogP contribution in [-0.2, 0) is 15.7 Å². The Morgan fingerprint density at radius 3 is 2.27 bits per heavy atom. The molecular formula is C23H27ClN2O4. The SMILES string of the molecule is CC(C)(C)c1ccc(OC[C@@H](O)CN2C(=O)N[C@@](C)(c3ccc(Cl)cc3)C2=O)cc1. The van der Waals surface area contributed by atoms with Gasteiger partial charge in [-0.15, -0.1) is 0 Å². The van der Waals surface area contributed by atoms with Gasteiger partial charge >= 0.3 is 6.03 Å². The van der Waals surface area contributed by atoms with Crippen LogP contribution in [0.4, 0.5) is 4.79 Å². The lowest BCUT2D eigenvalue weighted by atomic mass is 9.87. The maximum Gasteiger partial charge on any atom is 0.325 e. The van der Waals surface area contributed by atoms with Crippen LogP contribution in [0.3, 0.4) is 0 Å². The van der Waals surface area contributed by atoms with E-state index in [4.69, 9.17) is 16.3 Å². The normalized spacial score (nSPS) is 20.3. The fraction of sp³-hybridized carbons (Fsp3) is 0.391. The van der Waals surface area contributed by atoms with Crippen LogP contribution in [0, 0.1) is 0 Å². The van der Waals surface area contributed by atoms with Gasteiger partial charge in [0.05, 0.1) is 6.54 Å². The number of carbonyl (C=O) groups is 2. The number of halogens is 1. The van der Waals surface area contributed by atoms with Gasteiger partial charge in [-0.25, -0.2) is 4.79 Å². The number of rotatable bonds is 6. The summed E-state index contributed by atoms with van der Waals surface area (Å²) in [6, 6.07) is 13.8. The van der Waals surface area contributed by atoms with Crippen LogP contribution in [0.5, 0.6) is 5.75 Å². The molecule has 0 radical (unpaired) electrons. The van der Waals surface area contributed by atoms with Gasteiger partial charge in [-0.05, 0) is 47.7 Å². The average Bonchev–Trinajstić information content (AvgIpc) is 2.90. The van der Waals surface area contributed by atoms with Crippen LogP contribution >= 0.6 is 11.6 Å². The fourth-order valence-corrected chi connectivity index (χ4v) is 3.47. The van der Waals surface area contributed by atoms with Gasteiger partial charge in [-0.2, -0.15) is 0 Å². The van der Waals surface area contributed by atoms with Crippen molar-refractivity contribution in [2.75, 3.05) is 13.2 Å². The number of hydrogen-bond acceptors (Lipinski definition) is 4. The Bertz CT molecular complexity index is 922. The molecule has 0 spiro atoms. The molecule has 0 aromatic heterocycles. The zero-order chi connectivity index (χ0) is 22.1. The molecule has 2 aromatic carbocycles. The molecule has 6 nitrogen and oxygen atoms in total. The number of β-amino-alcohol motifs (C(OH)–C–C–N with tert-alkyl or cyclic N) is 1. The molecule has 1 fully saturated rings.